The summed E-state index contributed by atoms with van der Waals surface area (Å²) in [4.78, 5) is 30.9. The van der Waals surface area contributed by atoms with Crippen molar-refractivity contribution in [3.05, 3.63) is 33.4 Å². The Morgan fingerprint density at radius 1 is 1.50 bits per heavy atom. The van der Waals surface area contributed by atoms with E-state index in [9.17, 15) is 28.5 Å². The third-order valence-corrected chi connectivity index (χ3v) is 1.90. The summed E-state index contributed by atoms with van der Waals surface area (Å²) in [7, 11) is 0. The Morgan fingerprint density at radius 2 is 2.11 bits per heavy atom. The van der Waals surface area contributed by atoms with Crippen molar-refractivity contribution in [2.75, 3.05) is 0 Å². The van der Waals surface area contributed by atoms with Gasteiger partial charge in [0.25, 0.3) is 5.69 Å². The van der Waals surface area contributed by atoms with Gasteiger partial charge in [-0.25, -0.2) is 4.79 Å². The van der Waals surface area contributed by atoms with E-state index in [-0.39, 0.29) is 6.29 Å². The van der Waals surface area contributed by atoms with Gasteiger partial charge in [0.1, 0.15) is 5.75 Å². The van der Waals surface area contributed by atoms with Crippen LogP contribution in [-0.4, -0.2) is 28.9 Å². The number of nitro groups is 1. The van der Waals surface area contributed by atoms with Crippen molar-refractivity contribution < 1.29 is 33.1 Å². The van der Waals surface area contributed by atoms with Gasteiger partial charge >= 0.3 is 12.6 Å². The number of non-ortho nitro benzene ring substituents is 1. The quantitative estimate of drug-likeness (QED) is 0.491. The second kappa shape index (κ2) is 5.17. The first-order valence-corrected chi connectivity index (χ1v) is 4.32. The molecule has 1 aromatic rings. The monoisotopic (exact) mass is 261 g/mol. The zero-order chi connectivity index (χ0) is 13.9. The van der Waals surface area contributed by atoms with Gasteiger partial charge in [-0.3, -0.25) is 14.9 Å². The summed E-state index contributed by atoms with van der Waals surface area (Å²) < 4.78 is 28.0. The first kappa shape index (κ1) is 13.5. The molecule has 1 rings (SSSR count). The summed E-state index contributed by atoms with van der Waals surface area (Å²) >= 11 is 0. The van der Waals surface area contributed by atoms with Crippen molar-refractivity contribution >= 4 is 17.9 Å². The molecule has 1 aromatic carbocycles. The highest BCUT2D eigenvalue weighted by molar-refractivity contribution is 5.99. The fourth-order valence-electron chi connectivity index (χ4n) is 1.21. The number of carbonyl (C=O) groups is 2. The Bertz CT molecular complexity index is 516. The van der Waals surface area contributed by atoms with Crippen LogP contribution >= 0.6 is 0 Å². The summed E-state index contributed by atoms with van der Waals surface area (Å²) in [6.07, 6.45) is -0.0229. The highest BCUT2D eigenvalue weighted by atomic mass is 19.3. The van der Waals surface area contributed by atoms with E-state index in [2.05, 4.69) is 4.74 Å². The van der Waals surface area contributed by atoms with Gasteiger partial charge < -0.3 is 9.84 Å². The number of hydrogen-bond donors (Lipinski definition) is 1. The average molecular weight is 261 g/mol. The molecule has 0 aliphatic heterocycles. The summed E-state index contributed by atoms with van der Waals surface area (Å²) in [6, 6.07) is 1.15. The topological polar surface area (TPSA) is 107 Å². The number of hydrogen-bond acceptors (Lipinski definition) is 5. The highest BCUT2D eigenvalue weighted by Crippen LogP contribution is 2.29. The Morgan fingerprint density at radius 3 is 2.50 bits per heavy atom. The van der Waals surface area contributed by atoms with Crippen LogP contribution in [0.15, 0.2) is 12.1 Å². The van der Waals surface area contributed by atoms with E-state index in [1.807, 2.05) is 0 Å². The predicted molar refractivity (Wildman–Crippen MR) is 52.1 cm³/mol. The maximum absolute atomic E-state index is 12.0. The van der Waals surface area contributed by atoms with Gasteiger partial charge in [-0.1, -0.05) is 0 Å². The lowest BCUT2D eigenvalue weighted by molar-refractivity contribution is -0.385. The first-order chi connectivity index (χ1) is 8.36. The average Bonchev–Trinajstić information content (AvgIpc) is 2.26. The predicted octanol–water partition coefficient (Wildman–Crippen LogP) is 1.71. The highest BCUT2D eigenvalue weighted by Gasteiger charge is 2.23. The molecule has 0 aliphatic rings. The van der Waals surface area contributed by atoms with Gasteiger partial charge in [0, 0.05) is 6.07 Å². The van der Waals surface area contributed by atoms with Crippen LogP contribution in [0.1, 0.15) is 20.7 Å². The van der Waals surface area contributed by atoms with Crippen molar-refractivity contribution in [2.45, 2.75) is 6.61 Å². The Kier molecular flexibility index (Phi) is 3.87. The molecule has 0 bridgehead atoms. The Hall–Kier alpha value is -2.58. The van der Waals surface area contributed by atoms with Gasteiger partial charge in [-0.05, 0) is 0 Å². The number of alkyl halides is 2. The minimum Gasteiger partial charge on any atom is -0.478 e. The molecular weight excluding hydrogens is 256 g/mol. The van der Waals surface area contributed by atoms with Crippen LogP contribution < -0.4 is 4.74 Å². The number of nitrogens with zero attached hydrogens (tertiary/aromatic N) is 1. The second-order valence-electron chi connectivity index (χ2n) is 2.96. The van der Waals surface area contributed by atoms with E-state index in [0.29, 0.717) is 12.1 Å². The number of benzene rings is 1. The van der Waals surface area contributed by atoms with Crippen molar-refractivity contribution in [1.29, 1.82) is 0 Å². The third-order valence-electron chi connectivity index (χ3n) is 1.90. The van der Waals surface area contributed by atoms with Crippen LogP contribution in [0, 0.1) is 10.1 Å². The molecule has 96 valence electrons. The van der Waals surface area contributed by atoms with E-state index in [1.165, 1.54) is 0 Å². The van der Waals surface area contributed by atoms with Crippen LogP contribution in [-0.2, 0) is 0 Å². The molecule has 0 atom stereocenters. The molecule has 9 heteroatoms. The molecule has 0 spiro atoms. The van der Waals surface area contributed by atoms with Gasteiger partial charge in [0.15, 0.2) is 6.29 Å². The SMILES string of the molecule is O=Cc1c(OC(F)F)cc([N+](=O)[O-])cc1C(=O)O. The number of carbonyl (C=O) groups excluding carboxylic acids is 1. The fraction of sp³-hybridized carbons (Fsp3) is 0.111. The first-order valence-electron chi connectivity index (χ1n) is 4.32. The minimum atomic E-state index is -3.34. The molecule has 0 aliphatic carbocycles. The lowest BCUT2D eigenvalue weighted by Crippen LogP contribution is -2.09. The maximum Gasteiger partial charge on any atom is 0.387 e. The molecule has 0 aromatic heterocycles. The van der Waals surface area contributed by atoms with Crippen LogP contribution in [0.5, 0.6) is 5.75 Å². The maximum atomic E-state index is 12.0. The van der Waals surface area contributed by atoms with Crippen molar-refractivity contribution in [1.82, 2.24) is 0 Å². The number of aldehydes is 1. The molecule has 0 amide bonds. The van der Waals surface area contributed by atoms with Crippen molar-refractivity contribution in [3.8, 4) is 5.75 Å². The fourth-order valence-corrected chi connectivity index (χ4v) is 1.21. The smallest absolute Gasteiger partial charge is 0.387 e. The lowest BCUT2D eigenvalue weighted by Gasteiger charge is -2.08. The molecule has 0 heterocycles. The number of aromatic carboxylic acids is 1. The van der Waals surface area contributed by atoms with Crippen molar-refractivity contribution in [2.24, 2.45) is 0 Å². The Labute approximate surface area is 97.7 Å². The van der Waals surface area contributed by atoms with Crippen molar-refractivity contribution in [3.63, 3.8) is 0 Å². The molecule has 7 nitrogen and oxygen atoms in total. The van der Waals surface area contributed by atoms with E-state index in [0.717, 1.165) is 0 Å². The van der Waals surface area contributed by atoms with E-state index in [4.69, 9.17) is 5.11 Å². The molecule has 0 radical (unpaired) electrons. The Balaban J connectivity index is 3.50. The lowest BCUT2D eigenvalue weighted by atomic mass is 10.1. The number of carboxylic acid groups (broad SMARTS) is 1. The molecule has 0 saturated carbocycles. The van der Waals surface area contributed by atoms with Crippen LogP contribution in [0.2, 0.25) is 0 Å². The van der Waals surface area contributed by atoms with E-state index < -0.39 is 40.1 Å². The van der Waals surface area contributed by atoms with E-state index >= 15 is 0 Å². The summed E-state index contributed by atoms with van der Waals surface area (Å²) in [5, 5.41) is 19.2. The number of nitro benzene ring substituents is 1. The van der Waals surface area contributed by atoms with Crippen LogP contribution in [0.25, 0.3) is 0 Å². The minimum absolute atomic E-state index is 0.0229. The van der Waals surface area contributed by atoms with Gasteiger partial charge in [0.2, 0.25) is 0 Å². The molecule has 0 saturated heterocycles. The second-order valence-corrected chi connectivity index (χ2v) is 2.96. The standard InChI is InChI=1S/C9H5F2NO6/c10-9(11)18-7-2-4(12(16)17)1-5(8(14)15)6(7)3-13/h1-3,9H,(H,14,15). The molecular formula is C9H5F2NO6. The molecule has 18 heavy (non-hydrogen) atoms. The summed E-state index contributed by atoms with van der Waals surface area (Å²) in [5.41, 5.74) is -2.24. The zero-order valence-corrected chi connectivity index (χ0v) is 8.50. The summed E-state index contributed by atoms with van der Waals surface area (Å²) in [6.45, 7) is -3.34. The molecule has 1 N–H and O–H groups in total. The van der Waals surface area contributed by atoms with E-state index in [1.54, 1.807) is 0 Å². The zero-order valence-electron chi connectivity index (χ0n) is 8.50. The number of carboxylic acids is 1. The van der Waals surface area contributed by atoms with Gasteiger partial charge in [-0.15, -0.1) is 0 Å². The summed E-state index contributed by atoms with van der Waals surface area (Å²) in [5.74, 6) is -2.52. The van der Waals surface area contributed by atoms with Crippen LogP contribution in [0.3, 0.4) is 0 Å². The largest absolute Gasteiger partial charge is 0.478 e. The number of halogens is 2. The number of ether oxygens (including phenoxy) is 1. The third kappa shape index (κ3) is 2.75. The van der Waals surface area contributed by atoms with Gasteiger partial charge in [-0.2, -0.15) is 8.78 Å². The molecule has 0 unspecified atom stereocenters. The normalized spacial score (nSPS) is 10.2. The van der Waals surface area contributed by atoms with Gasteiger partial charge in [0.05, 0.1) is 22.1 Å². The van der Waals surface area contributed by atoms with Crippen LogP contribution in [0.4, 0.5) is 14.5 Å². The molecule has 0 fully saturated rings. The number of rotatable bonds is 5.